The van der Waals surface area contributed by atoms with Crippen LogP contribution in [0.4, 0.5) is 5.69 Å². The van der Waals surface area contributed by atoms with E-state index in [0.717, 1.165) is 5.56 Å². The highest BCUT2D eigenvalue weighted by Crippen LogP contribution is 2.25. The number of nitrogens with one attached hydrogen (secondary N) is 1. The second kappa shape index (κ2) is 5.28. The maximum atomic E-state index is 12.3. The van der Waals surface area contributed by atoms with E-state index in [1.54, 1.807) is 24.6 Å². The molecule has 7 heteroatoms. The summed E-state index contributed by atoms with van der Waals surface area (Å²) >= 11 is 1.40. The van der Waals surface area contributed by atoms with Gasteiger partial charge in [0.2, 0.25) is 10.0 Å². The monoisotopic (exact) mass is 297 g/mol. The molecule has 0 unspecified atom stereocenters. The molecule has 0 bridgehead atoms. The molecule has 0 aliphatic carbocycles. The highest BCUT2D eigenvalue weighted by molar-refractivity contribution is 7.89. The maximum Gasteiger partial charge on any atom is 0.243 e. The Kier molecular flexibility index (Phi) is 3.88. The van der Waals surface area contributed by atoms with E-state index in [0.29, 0.717) is 10.6 Å². The Bertz CT molecular complexity index is 679. The molecule has 1 aromatic carbocycles. The normalized spacial score (nSPS) is 11.7. The molecule has 0 aliphatic heterocycles. The van der Waals surface area contributed by atoms with Gasteiger partial charge in [-0.1, -0.05) is 6.07 Å². The van der Waals surface area contributed by atoms with E-state index in [1.807, 2.05) is 13.0 Å². The molecule has 0 saturated carbocycles. The van der Waals surface area contributed by atoms with Crippen molar-refractivity contribution in [2.24, 2.45) is 0 Å². The molecule has 0 saturated heterocycles. The van der Waals surface area contributed by atoms with Crippen LogP contribution in [0.15, 0.2) is 28.6 Å². The summed E-state index contributed by atoms with van der Waals surface area (Å²) < 4.78 is 27.1. The highest BCUT2D eigenvalue weighted by atomic mass is 32.2. The van der Waals surface area contributed by atoms with Crippen molar-refractivity contribution in [1.82, 2.24) is 9.71 Å². The Balaban J connectivity index is 2.32. The predicted octanol–water partition coefficient (Wildman–Crippen LogP) is 1.82. The van der Waals surface area contributed by atoms with Gasteiger partial charge in [-0.15, -0.1) is 11.3 Å². The number of hydrogen-bond donors (Lipinski definition) is 2. The fourth-order valence-electron chi connectivity index (χ4n) is 1.74. The van der Waals surface area contributed by atoms with Gasteiger partial charge < -0.3 is 5.73 Å². The number of anilines is 1. The smallest absolute Gasteiger partial charge is 0.243 e. The van der Waals surface area contributed by atoms with Gasteiger partial charge in [0.1, 0.15) is 9.90 Å². The van der Waals surface area contributed by atoms with Crippen LogP contribution in [0.1, 0.15) is 16.1 Å². The third-order valence-electron chi connectivity index (χ3n) is 2.87. The van der Waals surface area contributed by atoms with Gasteiger partial charge in [0.15, 0.2) is 0 Å². The van der Waals surface area contributed by atoms with Crippen molar-refractivity contribution < 1.29 is 8.42 Å². The molecule has 3 N–H and O–H groups in total. The molecule has 0 fully saturated rings. The van der Waals surface area contributed by atoms with Crippen LogP contribution in [0.25, 0.3) is 0 Å². The molecule has 0 amide bonds. The molecule has 19 heavy (non-hydrogen) atoms. The van der Waals surface area contributed by atoms with Crippen molar-refractivity contribution >= 4 is 27.0 Å². The van der Waals surface area contributed by atoms with Crippen molar-refractivity contribution in [1.29, 1.82) is 0 Å². The molecular weight excluding hydrogens is 282 g/mol. The van der Waals surface area contributed by atoms with E-state index in [9.17, 15) is 8.42 Å². The molecule has 0 atom stereocenters. The van der Waals surface area contributed by atoms with Crippen molar-refractivity contribution in [2.75, 3.05) is 5.73 Å². The zero-order chi connectivity index (χ0) is 14.0. The zero-order valence-corrected chi connectivity index (χ0v) is 12.3. The van der Waals surface area contributed by atoms with Crippen LogP contribution in [0, 0.1) is 13.8 Å². The number of nitrogens with two attached hydrogens (primary N) is 1. The Hall–Kier alpha value is -1.44. The minimum absolute atomic E-state index is 0.157. The second-order valence-electron chi connectivity index (χ2n) is 4.18. The maximum absolute atomic E-state index is 12.3. The molecule has 0 spiro atoms. The van der Waals surface area contributed by atoms with Crippen molar-refractivity contribution in [3.05, 3.63) is 39.8 Å². The fourth-order valence-corrected chi connectivity index (χ4v) is 3.80. The molecule has 2 rings (SSSR count). The standard InChI is InChI=1S/C12H15N3O2S2/c1-8-3-4-10(13)12(9(8)2)19(16,17)15-7-11-14-5-6-18-11/h3-6,15H,7,13H2,1-2H3. The number of rotatable bonds is 4. The van der Waals surface area contributed by atoms with E-state index >= 15 is 0 Å². The Morgan fingerprint density at radius 1 is 1.37 bits per heavy atom. The number of hydrogen-bond acceptors (Lipinski definition) is 5. The summed E-state index contributed by atoms with van der Waals surface area (Å²) in [5.41, 5.74) is 7.62. The average Bonchev–Trinajstić information content (AvgIpc) is 2.85. The van der Waals surface area contributed by atoms with Crippen LogP contribution in [0.3, 0.4) is 0 Å². The van der Waals surface area contributed by atoms with Gasteiger partial charge in [-0.3, -0.25) is 0 Å². The zero-order valence-electron chi connectivity index (χ0n) is 10.7. The summed E-state index contributed by atoms with van der Waals surface area (Å²) in [7, 11) is -3.63. The number of aromatic nitrogens is 1. The quantitative estimate of drug-likeness (QED) is 0.843. The molecule has 0 radical (unpaired) electrons. The second-order valence-corrected chi connectivity index (χ2v) is 6.86. The van der Waals surface area contributed by atoms with E-state index in [4.69, 9.17) is 5.73 Å². The summed E-state index contributed by atoms with van der Waals surface area (Å²) in [6.45, 7) is 3.78. The minimum atomic E-state index is -3.63. The Morgan fingerprint density at radius 3 is 2.74 bits per heavy atom. The first-order valence-electron chi connectivity index (χ1n) is 5.65. The number of nitrogens with zero attached hydrogens (tertiary/aromatic N) is 1. The predicted molar refractivity (Wildman–Crippen MR) is 76.5 cm³/mol. The Morgan fingerprint density at radius 2 is 2.11 bits per heavy atom. The van der Waals surface area contributed by atoms with Crippen LogP contribution in [-0.2, 0) is 16.6 Å². The topological polar surface area (TPSA) is 85.1 Å². The van der Waals surface area contributed by atoms with Crippen molar-refractivity contribution in [3.8, 4) is 0 Å². The van der Waals surface area contributed by atoms with E-state index < -0.39 is 10.0 Å². The van der Waals surface area contributed by atoms with Gasteiger partial charge >= 0.3 is 0 Å². The summed E-state index contributed by atoms with van der Waals surface area (Å²) in [5.74, 6) is 0. The van der Waals surface area contributed by atoms with Crippen LogP contribution in [-0.4, -0.2) is 13.4 Å². The molecule has 2 aromatic rings. The number of aryl methyl sites for hydroxylation is 1. The summed E-state index contributed by atoms with van der Waals surface area (Å²) in [5, 5.41) is 2.52. The minimum Gasteiger partial charge on any atom is -0.398 e. The lowest BCUT2D eigenvalue weighted by molar-refractivity contribution is 0.581. The van der Waals surface area contributed by atoms with E-state index in [-0.39, 0.29) is 17.1 Å². The number of thiazole rings is 1. The first-order chi connectivity index (χ1) is 8.92. The highest BCUT2D eigenvalue weighted by Gasteiger charge is 2.21. The summed E-state index contributed by atoms with van der Waals surface area (Å²) in [6, 6.07) is 3.42. The SMILES string of the molecule is Cc1ccc(N)c(S(=O)(=O)NCc2nccs2)c1C. The molecule has 5 nitrogen and oxygen atoms in total. The van der Waals surface area contributed by atoms with Gasteiger partial charge in [0.05, 0.1) is 12.2 Å². The van der Waals surface area contributed by atoms with Crippen LogP contribution in [0.5, 0.6) is 0 Å². The molecule has 1 aromatic heterocycles. The fraction of sp³-hybridized carbons (Fsp3) is 0.250. The van der Waals surface area contributed by atoms with Gasteiger partial charge in [0, 0.05) is 11.6 Å². The molecule has 0 aliphatic rings. The van der Waals surface area contributed by atoms with Gasteiger partial charge in [-0.25, -0.2) is 18.1 Å². The Labute approximate surface area is 116 Å². The lowest BCUT2D eigenvalue weighted by Crippen LogP contribution is -2.25. The van der Waals surface area contributed by atoms with Gasteiger partial charge in [-0.05, 0) is 31.0 Å². The largest absolute Gasteiger partial charge is 0.398 e. The molecule has 102 valence electrons. The number of nitrogen functional groups attached to an aromatic ring is 1. The number of benzene rings is 1. The van der Waals surface area contributed by atoms with E-state index in [2.05, 4.69) is 9.71 Å². The van der Waals surface area contributed by atoms with Gasteiger partial charge in [-0.2, -0.15) is 0 Å². The first-order valence-corrected chi connectivity index (χ1v) is 8.02. The van der Waals surface area contributed by atoms with Gasteiger partial charge in [0.25, 0.3) is 0 Å². The molecule has 1 heterocycles. The first kappa shape index (κ1) is 14.0. The van der Waals surface area contributed by atoms with Crippen LogP contribution in [0.2, 0.25) is 0 Å². The average molecular weight is 297 g/mol. The summed E-state index contributed by atoms with van der Waals surface area (Å²) in [6.07, 6.45) is 1.64. The van der Waals surface area contributed by atoms with Crippen LogP contribution >= 0.6 is 11.3 Å². The van der Waals surface area contributed by atoms with Crippen molar-refractivity contribution in [2.45, 2.75) is 25.3 Å². The molecular formula is C12H15N3O2S2. The van der Waals surface area contributed by atoms with Crippen LogP contribution < -0.4 is 10.5 Å². The summed E-state index contributed by atoms with van der Waals surface area (Å²) in [4.78, 5) is 4.19. The third kappa shape index (κ3) is 2.94. The lowest BCUT2D eigenvalue weighted by Gasteiger charge is -2.13. The number of sulfonamides is 1. The third-order valence-corrected chi connectivity index (χ3v) is 5.26. The van der Waals surface area contributed by atoms with E-state index in [1.165, 1.54) is 11.3 Å². The van der Waals surface area contributed by atoms with Crippen molar-refractivity contribution in [3.63, 3.8) is 0 Å². The lowest BCUT2D eigenvalue weighted by atomic mass is 10.1.